The average Bonchev–Trinajstić information content (AvgIpc) is 2.06. The Labute approximate surface area is 67.4 Å². The van der Waals surface area contributed by atoms with Gasteiger partial charge in [0.15, 0.2) is 0 Å². The van der Waals surface area contributed by atoms with Crippen LogP contribution >= 0.6 is 0 Å². The van der Waals surface area contributed by atoms with E-state index in [1.54, 1.807) is 0 Å². The summed E-state index contributed by atoms with van der Waals surface area (Å²) >= 11 is 0. The minimum atomic E-state index is 0.373. The topological polar surface area (TPSA) is 29.1 Å². The zero-order valence-electron chi connectivity index (χ0n) is 6.81. The summed E-state index contributed by atoms with van der Waals surface area (Å²) in [4.78, 5) is 11.4. The molecule has 2 nitrogen and oxygen atoms in total. The molecule has 2 heteroatoms. The van der Waals surface area contributed by atoms with Crippen LogP contribution in [0.4, 0.5) is 0 Å². The van der Waals surface area contributed by atoms with Crippen LogP contribution < -0.4 is 5.32 Å². The molecule has 1 heterocycles. The molecule has 0 radical (unpaired) electrons. The van der Waals surface area contributed by atoms with Crippen molar-refractivity contribution in [3.8, 4) is 0 Å². The molecule has 0 spiro atoms. The third-order valence-corrected chi connectivity index (χ3v) is 2.96. The predicted octanol–water partition coefficient (Wildman–Crippen LogP) is 1.11. The Kier molecular flexibility index (Phi) is 1.95. The summed E-state index contributed by atoms with van der Waals surface area (Å²) in [6, 6.07) is 0.532. The van der Waals surface area contributed by atoms with Crippen molar-refractivity contribution in [3.63, 3.8) is 0 Å². The standard InChI is InChI=1S/C9H15NO/c11-9-5-6-10-8-4-2-1-3-7(8)9/h7-8,10H,1-6H2/t7-,8-/m1/s1. The molecule has 2 aliphatic rings. The third-order valence-electron chi connectivity index (χ3n) is 2.96. The maximum atomic E-state index is 11.4. The van der Waals surface area contributed by atoms with E-state index >= 15 is 0 Å². The van der Waals surface area contributed by atoms with Gasteiger partial charge in [0.25, 0.3) is 0 Å². The van der Waals surface area contributed by atoms with E-state index in [9.17, 15) is 4.79 Å². The number of nitrogens with one attached hydrogen (secondary N) is 1. The summed E-state index contributed by atoms with van der Waals surface area (Å²) in [5.41, 5.74) is 0. The largest absolute Gasteiger partial charge is 0.313 e. The summed E-state index contributed by atoms with van der Waals surface area (Å²) < 4.78 is 0. The fourth-order valence-corrected chi connectivity index (χ4v) is 2.33. The smallest absolute Gasteiger partial charge is 0.138 e. The maximum Gasteiger partial charge on any atom is 0.138 e. The second-order valence-corrected chi connectivity index (χ2v) is 3.67. The molecule has 0 aromatic heterocycles. The minimum Gasteiger partial charge on any atom is -0.313 e. The zero-order valence-corrected chi connectivity index (χ0v) is 6.81. The number of Topliss-reactive ketones (excluding diaryl/α,β-unsaturated/α-hetero) is 1. The molecule has 11 heavy (non-hydrogen) atoms. The van der Waals surface area contributed by atoms with E-state index in [0.717, 1.165) is 19.4 Å². The van der Waals surface area contributed by atoms with Gasteiger partial charge in [-0.25, -0.2) is 0 Å². The monoisotopic (exact) mass is 153 g/mol. The Hall–Kier alpha value is -0.370. The number of carbonyl (C=O) groups excluding carboxylic acids is 1. The van der Waals surface area contributed by atoms with E-state index in [0.29, 0.717) is 17.7 Å². The van der Waals surface area contributed by atoms with Crippen LogP contribution in [0.3, 0.4) is 0 Å². The first-order valence-corrected chi connectivity index (χ1v) is 4.64. The summed E-state index contributed by atoms with van der Waals surface area (Å²) in [6.45, 7) is 0.917. The summed E-state index contributed by atoms with van der Waals surface area (Å²) in [5.74, 6) is 0.881. The van der Waals surface area contributed by atoms with Gasteiger partial charge in [-0.15, -0.1) is 0 Å². The van der Waals surface area contributed by atoms with Crippen molar-refractivity contribution in [1.29, 1.82) is 0 Å². The van der Waals surface area contributed by atoms with Gasteiger partial charge in [-0.3, -0.25) is 4.79 Å². The molecule has 2 rings (SSSR count). The van der Waals surface area contributed by atoms with Crippen molar-refractivity contribution >= 4 is 5.78 Å². The van der Waals surface area contributed by atoms with E-state index in [2.05, 4.69) is 5.32 Å². The van der Waals surface area contributed by atoms with Crippen LogP contribution in [0.1, 0.15) is 32.1 Å². The van der Waals surface area contributed by atoms with Gasteiger partial charge in [-0.2, -0.15) is 0 Å². The van der Waals surface area contributed by atoms with Gasteiger partial charge < -0.3 is 5.32 Å². The molecule has 1 saturated carbocycles. The molecule has 0 unspecified atom stereocenters. The van der Waals surface area contributed by atoms with Crippen LogP contribution in [0.2, 0.25) is 0 Å². The highest BCUT2D eigenvalue weighted by molar-refractivity contribution is 5.82. The van der Waals surface area contributed by atoms with Crippen LogP contribution in [0.5, 0.6) is 0 Å². The lowest BCUT2D eigenvalue weighted by atomic mass is 9.79. The Bertz CT molecular complexity index is 165. The first-order valence-electron chi connectivity index (χ1n) is 4.64. The fraction of sp³-hybridized carbons (Fsp3) is 0.889. The summed E-state index contributed by atoms with van der Waals surface area (Å²) in [7, 11) is 0. The van der Waals surface area contributed by atoms with Crippen LogP contribution in [-0.4, -0.2) is 18.4 Å². The molecule has 1 N–H and O–H groups in total. The summed E-state index contributed by atoms with van der Waals surface area (Å²) in [5, 5.41) is 3.43. The minimum absolute atomic E-state index is 0.373. The highest BCUT2D eigenvalue weighted by Gasteiger charge is 2.32. The number of fused-ring (bicyclic) bond motifs is 1. The SMILES string of the molecule is O=C1CCN[C@@H]2CCCC[C@@H]12. The van der Waals surface area contributed by atoms with E-state index in [4.69, 9.17) is 0 Å². The van der Waals surface area contributed by atoms with Crippen molar-refractivity contribution in [2.24, 2.45) is 5.92 Å². The predicted molar refractivity (Wildman–Crippen MR) is 43.4 cm³/mol. The number of ketones is 1. The number of piperidine rings is 1. The average molecular weight is 153 g/mol. The fourth-order valence-electron chi connectivity index (χ4n) is 2.33. The van der Waals surface area contributed by atoms with Crippen LogP contribution in [-0.2, 0) is 4.79 Å². The maximum absolute atomic E-state index is 11.4. The van der Waals surface area contributed by atoms with Crippen molar-refractivity contribution in [2.75, 3.05) is 6.54 Å². The normalized spacial score (nSPS) is 38.4. The van der Waals surface area contributed by atoms with E-state index in [-0.39, 0.29) is 0 Å². The molecular weight excluding hydrogens is 138 g/mol. The van der Waals surface area contributed by atoms with Gasteiger partial charge in [0.2, 0.25) is 0 Å². The van der Waals surface area contributed by atoms with Crippen LogP contribution in [0.25, 0.3) is 0 Å². The molecule has 62 valence electrons. The first kappa shape index (κ1) is 7.29. The Morgan fingerprint density at radius 2 is 2.09 bits per heavy atom. The molecule has 0 aromatic carbocycles. The molecule has 2 atom stereocenters. The second-order valence-electron chi connectivity index (χ2n) is 3.67. The summed E-state index contributed by atoms with van der Waals surface area (Å²) in [6.07, 6.45) is 5.68. The highest BCUT2D eigenvalue weighted by atomic mass is 16.1. The van der Waals surface area contributed by atoms with Crippen LogP contribution in [0.15, 0.2) is 0 Å². The number of hydrogen-bond acceptors (Lipinski definition) is 2. The third kappa shape index (κ3) is 1.32. The van der Waals surface area contributed by atoms with Gasteiger partial charge in [0, 0.05) is 24.9 Å². The lowest BCUT2D eigenvalue weighted by Crippen LogP contribution is -2.47. The molecule has 1 aliphatic heterocycles. The van der Waals surface area contributed by atoms with E-state index in [1.807, 2.05) is 0 Å². The zero-order chi connectivity index (χ0) is 7.68. The Morgan fingerprint density at radius 1 is 1.27 bits per heavy atom. The van der Waals surface area contributed by atoms with Crippen LogP contribution in [0, 0.1) is 5.92 Å². The quantitative estimate of drug-likeness (QED) is 0.564. The Morgan fingerprint density at radius 3 is 2.91 bits per heavy atom. The van der Waals surface area contributed by atoms with E-state index in [1.165, 1.54) is 19.3 Å². The van der Waals surface area contributed by atoms with Crippen molar-refractivity contribution < 1.29 is 4.79 Å². The lowest BCUT2D eigenvalue weighted by Gasteiger charge is -2.34. The second kappa shape index (κ2) is 2.94. The molecule has 2 fully saturated rings. The molecular formula is C9H15NO. The van der Waals surface area contributed by atoms with E-state index < -0.39 is 0 Å². The van der Waals surface area contributed by atoms with Gasteiger partial charge >= 0.3 is 0 Å². The number of carbonyl (C=O) groups is 1. The van der Waals surface area contributed by atoms with Crippen molar-refractivity contribution in [1.82, 2.24) is 5.32 Å². The number of rotatable bonds is 0. The molecule has 0 bridgehead atoms. The number of hydrogen-bond donors (Lipinski definition) is 1. The lowest BCUT2D eigenvalue weighted by molar-refractivity contribution is -0.126. The molecule has 0 amide bonds. The molecule has 1 aliphatic carbocycles. The van der Waals surface area contributed by atoms with Gasteiger partial charge in [0.05, 0.1) is 0 Å². The van der Waals surface area contributed by atoms with Gasteiger partial charge in [-0.05, 0) is 12.8 Å². The molecule has 0 aromatic rings. The van der Waals surface area contributed by atoms with Gasteiger partial charge in [-0.1, -0.05) is 12.8 Å². The first-order chi connectivity index (χ1) is 5.38. The Balaban J connectivity index is 2.05. The van der Waals surface area contributed by atoms with Crippen molar-refractivity contribution in [2.45, 2.75) is 38.1 Å². The molecule has 1 saturated heterocycles. The van der Waals surface area contributed by atoms with Gasteiger partial charge in [0.1, 0.15) is 5.78 Å². The highest BCUT2D eigenvalue weighted by Crippen LogP contribution is 2.27. The van der Waals surface area contributed by atoms with Crippen molar-refractivity contribution in [3.05, 3.63) is 0 Å².